The van der Waals surface area contributed by atoms with Gasteiger partial charge in [-0.25, -0.2) is 4.98 Å². The molecule has 3 nitrogen and oxygen atoms in total. The van der Waals surface area contributed by atoms with E-state index in [0.29, 0.717) is 12.0 Å². The van der Waals surface area contributed by atoms with Crippen molar-refractivity contribution < 1.29 is 4.74 Å². The largest absolute Gasteiger partial charge is 0.379 e. The lowest BCUT2D eigenvalue weighted by atomic mass is 9.96. The lowest BCUT2D eigenvalue weighted by Gasteiger charge is -2.37. The van der Waals surface area contributed by atoms with E-state index in [2.05, 4.69) is 39.7 Å². The quantitative estimate of drug-likeness (QED) is 0.839. The zero-order valence-corrected chi connectivity index (χ0v) is 12.2. The summed E-state index contributed by atoms with van der Waals surface area (Å²) in [4.78, 5) is 6.79. The molecular formula is C13H19BrN2O. The molecule has 2 unspecified atom stereocenters. The predicted octanol–water partition coefficient (Wildman–Crippen LogP) is 3.01. The Kier molecular flexibility index (Phi) is 4.05. The van der Waals surface area contributed by atoms with Crippen molar-refractivity contribution in [1.82, 2.24) is 4.98 Å². The number of rotatable bonds is 2. The van der Waals surface area contributed by atoms with E-state index in [4.69, 9.17) is 4.74 Å². The van der Waals surface area contributed by atoms with Crippen LogP contribution < -0.4 is 4.90 Å². The Morgan fingerprint density at radius 2 is 2.29 bits per heavy atom. The van der Waals surface area contributed by atoms with E-state index in [-0.39, 0.29) is 0 Å². The molecule has 1 aromatic rings. The molecule has 0 radical (unpaired) electrons. The van der Waals surface area contributed by atoms with Crippen LogP contribution in [0.25, 0.3) is 0 Å². The minimum atomic E-state index is 0.304. The van der Waals surface area contributed by atoms with Gasteiger partial charge in [-0.3, -0.25) is 0 Å². The Morgan fingerprint density at radius 1 is 1.53 bits per heavy atom. The van der Waals surface area contributed by atoms with Crippen molar-refractivity contribution in [3.05, 3.63) is 22.3 Å². The molecule has 1 aliphatic rings. The second-order valence-corrected chi connectivity index (χ2v) is 5.54. The number of piperidine rings is 1. The van der Waals surface area contributed by atoms with Crippen LogP contribution in [0.3, 0.4) is 0 Å². The summed E-state index contributed by atoms with van der Waals surface area (Å²) in [6, 6.07) is 2.02. The monoisotopic (exact) mass is 298 g/mol. The van der Waals surface area contributed by atoms with E-state index in [9.17, 15) is 0 Å². The Balaban J connectivity index is 2.20. The van der Waals surface area contributed by atoms with Gasteiger partial charge in [-0.15, -0.1) is 0 Å². The van der Waals surface area contributed by atoms with Crippen molar-refractivity contribution in [1.29, 1.82) is 0 Å². The van der Waals surface area contributed by atoms with Crippen molar-refractivity contribution in [2.75, 3.05) is 25.1 Å². The number of methoxy groups -OCH3 is 1. The molecule has 94 valence electrons. The van der Waals surface area contributed by atoms with Gasteiger partial charge in [0.25, 0.3) is 0 Å². The van der Waals surface area contributed by atoms with Crippen LogP contribution in [-0.4, -0.2) is 31.3 Å². The molecule has 2 rings (SSSR count). The molecule has 0 N–H and O–H groups in total. The number of nitrogens with zero attached hydrogens (tertiary/aromatic N) is 2. The molecule has 4 heteroatoms. The van der Waals surface area contributed by atoms with E-state index in [0.717, 1.165) is 29.8 Å². The van der Waals surface area contributed by atoms with Gasteiger partial charge in [0, 0.05) is 26.4 Å². The highest BCUT2D eigenvalue weighted by atomic mass is 79.9. The third-order valence-electron chi connectivity index (χ3n) is 3.56. The lowest BCUT2D eigenvalue weighted by Crippen LogP contribution is -2.44. The predicted molar refractivity (Wildman–Crippen MR) is 73.5 cm³/mol. The molecular weight excluding hydrogens is 280 g/mol. The standard InChI is InChI=1S/C13H19BrN2O/c1-9-5-7-16(8-11(9)17-3)13-12(14)10(2)4-6-15-13/h4,6,9,11H,5,7-8H2,1-3H3. The highest BCUT2D eigenvalue weighted by Gasteiger charge is 2.27. The molecule has 1 aromatic heterocycles. The molecule has 0 spiro atoms. The van der Waals surface area contributed by atoms with Crippen molar-refractivity contribution in [3.63, 3.8) is 0 Å². The fourth-order valence-electron chi connectivity index (χ4n) is 2.28. The number of anilines is 1. The summed E-state index contributed by atoms with van der Waals surface area (Å²) in [6.45, 7) is 6.32. The number of pyridine rings is 1. The zero-order valence-electron chi connectivity index (χ0n) is 10.6. The molecule has 0 bridgehead atoms. The maximum Gasteiger partial charge on any atom is 0.143 e. The number of ether oxygens (including phenoxy) is 1. The van der Waals surface area contributed by atoms with E-state index < -0.39 is 0 Å². The first-order valence-electron chi connectivity index (χ1n) is 6.02. The van der Waals surface area contributed by atoms with Crippen LogP contribution in [0.2, 0.25) is 0 Å². The Morgan fingerprint density at radius 3 is 3.00 bits per heavy atom. The fourth-order valence-corrected chi connectivity index (χ4v) is 2.76. The molecule has 0 amide bonds. The fraction of sp³-hybridized carbons (Fsp3) is 0.615. The van der Waals surface area contributed by atoms with E-state index in [1.54, 1.807) is 7.11 Å². The number of aryl methyl sites for hydroxylation is 1. The van der Waals surface area contributed by atoms with Gasteiger partial charge >= 0.3 is 0 Å². The molecule has 0 saturated carbocycles. The van der Waals surface area contributed by atoms with Crippen molar-refractivity contribution in [2.24, 2.45) is 5.92 Å². The molecule has 1 fully saturated rings. The molecule has 0 aromatic carbocycles. The number of hydrogen-bond acceptors (Lipinski definition) is 3. The SMILES string of the molecule is COC1CN(c2nccc(C)c2Br)CCC1C. The number of hydrogen-bond donors (Lipinski definition) is 0. The smallest absolute Gasteiger partial charge is 0.143 e. The van der Waals surface area contributed by atoms with Crippen LogP contribution in [0.15, 0.2) is 16.7 Å². The first-order valence-corrected chi connectivity index (χ1v) is 6.81. The van der Waals surface area contributed by atoms with Gasteiger partial charge < -0.3 is 9.64 Å². The average Bonchev–Trinajstić information content (AvgIpc) is 2.34. The average molecular weight is 299 g/mol. The molecule has 1 aliphatic heterocycles. The summed E-state index contributed by atoms with van der Waals surface area (Å²) < 4.78 is 6.64. The number of aromatic nitrogens is 1. The molecule has 2 atom stereocenters. The number of halogens is 1. The van der Waals surface area contributed by atoms with Crippen molar-refractivity contribution >= 4 is 21.7 Å². The molecule has 0 aliphatic carbocycles. The molecule has 1 saturated heterocycles. The van der Waals surface area contributed by atoms with Gasteiger partial charge in [-0.1, -0.05) is 6.92 Å². The summed E-state index contributed by atoms with van der Waals surface area (Å²) in [6.07, 6.45) is 3.33. The minimum absolute atomic E-state index is 0.304. The normalized spacial score (nSPS) is 25.1. The summed E-state index contributed by atoms with van der Waals surface area (Å²) in [5.41, 5.74) is 1.22. The van der Waals surface area contributed by atoms with Gasteiger partial charge in [0.05, 0.1) is 10.6 Å². The van der Waals surface area contributed by atoms with Crippen LogP contribution in [0.5, 0.6) is 0 Å². The van der Waals surface area contributed by atoms with Crippen LogP contribution >= 0.6 is 15.9 Å². The van der Waals surface area contributed by atoms with Crippen molar-refractivity contribution in [3.8, 4) is 0 Å². The second kappa shape index (κ2) is 5.36. The summed E-state index contributed by atoms with van der Waals surface area (Å²) >= 11 is 3.63. The lowest BCUT2D eigenvalue weighted by molar-refractivity contribution is 0.0496. The molecule has 2 heterocycles. The van der Waals surface area contributed by atoms with Gasteiger partial charge in [-0.2, -0.15) is 0 Å². The molecule has 17 heavy (non-hydrogen) atoms. The first kappa shape index (κ1) is 12.8. The van der Waals surface area contributed by atoms with Crippen LogP contribution in [0.4, 0.5) is 5.82 Å². The summed E-state index contributed by atoms with van der Waals surface area (Å²) in [5.74, 6) is 1.67. The third kappa shape index (κ3) is 2.63. The van der Waals surface area contributed by atoms with Crippen LogP contribution in [0.1, 0.15) is 18.9 Å². The summed E-state index contributed by atoms with van der Waals surface area (Å²) in [7, 11) is 1.80. The van der Waals surface area contributed by atoms with E-state index >= 15 is 0 Å². The van der Waals surface area contributed by atoms with Gasteiger partial charge in [0.15, 0.2) is 0 Å². The second-order valence-electron chi connectivity index (χ2n) is 4.75. The first-order chi connectivity index (χ1) is 8.13. The van der Waals surface area contributed by atoms with Gasteiger partial charge in [-0.05, 0) is 46.8 Å². The summed E-state index contributed by atoms with van der Waals surface area (Å²) in [5, 5.41) is 0. The maximum atomic E-state index is 5.54. The minimum Gasteiger partial charge on any atom is -0.379 e. The van der Waals surface area contributed by atoms with Gasteiger partial charge in [0.1, 0.15) is 5.82 Å². The third-order valence-corrected chi connectivity index (χ3v) is 4.54. The van der Waals surface area contributed by atoms with Crippen LogP contribution in [-0.2, 0) is 4.74 Å². The Bertz CT molecular complexity index is 397. The van der Waals surface area contributed by atoms with Crippen LogP contribution in [0, 0.1) is 12.8 Å². The van der Waals surface area contributed by atoms with Gasteiger partial charge in [0.2, 0.25) is 0 Å². The van der Waals surface area contributed by atoms with E-state index in [1.165, 1.54) is 5.56 Å². The maximum absolute atomic E-state index is 5.54. The van der Waals surface area contributed by atoms with Crippen molar-refractivity contribution in [2.45, 2.75) is 26.4 Å². The zero-order chi connectivity index (χ0) is 12.4. The van der Waals surface area contributed by atoms with E-state index in [1.807, 2.05) is 12.3 Å². The topological polar surface area (TPSA) is 25.4 Å². The highest BCUT2D eigenvalue weighted by Crippen LogP contribution is 2.30. The highest BCUT2D eigenvalue weighted by molar-refractivity contribution is 9.10. The Labute approximate surface area is 111 Å². The Hall–Kier alpha value is -0.610.